The second-order valence-electron chi connectivity index (χ2n) is 4.16. The van der Waals surface area contributed by atoms with Crippen molar-refractivity contribution in [2.75, 3.05) is 20.3 Å². The zero-order valence-corrected chi connectivity index (χ0v) is 11.3. The Hall–Kier alpha value is -1.20. The van der Waals surface area contributed by atoms with Crippen molar-refractivity contribution in [1.29, 1.82) is 0 Å². The number of carbonyl (C=O) groups excluding carboxylic acids is 1. The summed E-state index contributed by atoms with van der Waals surface area (Å²) in [5, 5.41) is 8.99. The SMILES string of the molecule is COc1ccc([C@H]2S[C@H](C)C(=O)N2CCO)cc1. The smallest absolute Gasteiger partial charge is 0.236 e. The number of rotatable bonds is 4. The van der Waals surface area contributed by atoms with Crippen molar-refractivity contribution < 1.29 is 14.6 Å². The maximum Gasteiger partial charge on any atom is 0.236 e. The van der Waals surface area contributed by atoms with Crippen molar-refractivity contribution in [3.05, 3.63) is 29.8 Å². The summed E-state index contributed by atoms with van der Waals surface area (Å²) in [7, 11) is 1.63. The van der Waals surface area contributed by atoms with E-state index in [1.54, 1.807) is 23.8 Å². The molecular weight excluding hydrogens is 250 g/mol. The first-order valence-corrected chi connectivity index (χ1v) is 6.82. The number of ether oxygens (including phenoxy) is 1. The molecule has 1 fully saturated rings. The van der Waals surface area contributed by atoms with E-state index < -0.39 is 0 Å². The molecular formula is C13H17NO3S. The number of nitrogens with zero attached hydrogens (tertiary/aromatic N) is 1. The molecule has 1 aliphatic rings. The van der Waals surface area contributed by atoms with Crippen LogP contribution in [0.1, 0.15) is 17.9 Å². The Labute approximate surface area is 111 Å². The van der Waals surface area contributed by atoms with E-state index in [0.717, 1.165) is 11.3 Å². The van der Waals surface area contributed by atoms with Crippen molar-refractivity contribution in [3.8, 4) is 5.75 Å². The fourth-order valence-electron chi connectivity index (χ4n) is 2.04. The van der Waals surface area contributed by atoms with Gasteiger partial charge in [0.1, 0.15) is 11.1 Å². The molecule has 1 aromatic carbocycles. The Morgan fingerprint density at radius 2 is 2.06 bits per heavy atom. The minimum Gasteiger partial charge on any atom is -0.497 e. The van der Waals surface area contributed by atoms with Gasteiger partial charge in [-0.25, -0.2) is 0 Å². The van der Waals surface area contributed by atoms with Crippen molar-refractivity contribution in [2.24, 2.45) is 0 Å². The van der Waals surface area contributed by atoms with Crippen LogP contribution < -0.4 is 4.74 Å². The molecule has 4 nitrogen and oxygen atoms in total. The Morgan fingerprint density at radius 1 is 1.39 bits per heavy atom. The van der Waals surface area contributed by atoms with Crippen LogP contribution in [0.2, 0.25) is 0 Å². The minimum atomic E-state index is -0.0522. The summed E-state index contributed by atoms with van der Waals surface area (Å²) < 4.78 is 5.12. The van der Waals surface area contributed by atoms with Crippen LogP contribution in [0.15, 0.2) is 24.3 Å². The molecule has 0 aromatic heterocycles. The van der Waals surface area contributed by atoms with Gasteiger partial charge in [-0.2, -0.15) is 0 Å². The van der Waals surface area contributed by atoms with Crippen LogP contribution in [-0.2, 0) is 4.79 Å². The second-order valence-corrected chi connectivity index (χ2v) is 5.58. The standard InChI is InChI=1S/C13H17NO3S/c1-9-12(16)14(7-8-15)13(18-9)10-3-5-11(17-2)6-4-10/h3-6,9,13,15H,7-8H2,1-2H3/t9-,13-/m1/s1. The zero-order chi connectivity index (χ0) is 13.1. The second kappa shape index (κ2) is 5.63. The summed E-state index contributed by atoms with van der Waals surface area (Å²) in [6, 6.07) is 7.71. The maximum absolute atomic E-state index is 12.0. The van der Waals surface area contributed by atoms with Gasteiger partial charge < -0.3 is 14.7 Å². The summed E-state index contributed by atoms with van der Waals surface area (Å²) in [4.78, 5) is 13.7. The summed E-state index contributed by atoms with van der Waals surface area (Å²) in [6.07, 6.45) is 0. The van der Waals surface area contributed by atoms with Gasteiger partial charge in [0.2, 0.25) is 5.91 Å². The van der Waals surface area contributed by atoms with Gasteiger partial charge in [0, 0.05) is 6.54 Å². The predicted octanol–water partition coefficient (Wildman–Crippen LogP) is 1.65. The number of β-amino-alcohol motifs (C(OH)–C–C–N with tert-alkyl or cyclic N) is 1. The molecule has 1 aliphatic heterocycles. The highest BCUT2D eigenvalue weighted by atomic mass is 32.2. The van der Waals surface area contributed by atoms with E-state index in [4.69, 9.17) is 9.84 Å². The molecule has 1 aromatic rings. The van der Waals surface area contributed by atoms with E-state index in [1.807, 2.05) is 31.2 Å². The number of benzene rings is 1. The van der Waals surface area contributed by atoms with Crippen molar-refractivity contribution >= 4 is 17.7 Å². The van der Waals surface area contributed by atoms with E-state index in [1.165, 1.54) is 0 Å². The quantitative estimate of drug-likeness (QED) is 0.901. The highest BCUT2D eigenvalue weighted by Gasteiger charge is 2.37. The fourth-order valence-corrected chi connectivity index (χ4v) is 3.35. The highest BCUT2D eigenvalue weighted by molar-refractivity contribution is 8.01. The molecule has 1 heterocycles. The third kappa shape index (κ3) is 2.47. The van der Waals surface area contributed by atoms with Crippen molar-refractivity contribution in [2.45, 2.75) is 17.5 Å². The molecule has 98 valence electrons. The first kappa shape index (κ1) is 13.2. The average Bonchev–Trinajstić information content (AvgIpc) is 2.68. The molecule has 18 heavy (non-hydrogen) atoms. The van der Waals surface area contributed by atoms with Crippen LogP contribution in [0.5, 0.6) is 5.75 Å². The van der Waals surface area contributed by atoms with Crippen LogP contribution in [-0.4, -0.2) is 41.4 Å². The Bertz CT molecular complexity index is 421. The Kier molecular flexibility index (Phi) is 4.14. The largest absolute Gasteiger partial charge is 0.497 e. The van der Waals surface area contributed by atoms with Gasteiger partial charge >= 0.3 is 0 Å². The zero-order valence-electron chi connectivity index (χ0n) is 10.5. The maximum atomic E-state index is 12.0. The molecule has 1 amide bonds. The van der Waals surface area contributed by atoms with E-state index in [0.29, 0.717) is 6.54 Å². The van der Waals surface area contributed by atoms with Crippen LogP contribution in [0.3, 0.4) is 0 Å². The molecule has 1 N–H and O–H groups in total. The molecule has 2 atom stereocenters. The first-order chi connectivity index (χ1) is 8.67. The lowest BCUT2D eigenvalue weighted by Gasteiger charge is -2.23. The van der Waals surface area contributed by atoms with Crippen molar-refractivity contribution in [3.63, 3.8) is 0 Å². The molecule has 0 bridgehead atoms. The molecule has 0 unspecified atom stereocenters. The number of thioether (sulfide) groups is 1. The lowest BCUT2D eigenvalue weighted by atomic mass is 10.2. The normalized spacial score (nSPS) is 23.5. The number of amides is 1. The van der Waals surface area contributed by atoms with E-state index >= 15 is 0 Å². The van der Waals surface area contributed by atoms with Gasteiger partial charge in [-0.3, -0.25) is 4.79 Å². The number of methoxy groups -OCH3 is 1. The molecule has 1 saturated heterocycles. The van der Waals surface area contributed by atoms with Crippen LogP contribution in [0.4, 0.5) is 0 Å². The van der Waals surface area contributed by atoms with E-state index in [-0.39, 0.29) is 23.1 Å². The number of aliphatic hydroxyl groups is 1. The molecule has 5 heteroatoms. The topological polar surface area (TPSA) is 49.8 Å². The average molecular weight is 267 g/mol. The monoisotopic (exact) mass is 267 g/mol. The molecule has 0 saturated carbocycles. The van der Waals surface area contributed by atoms with Gasteiger partial charge in [-0.15, -0.1) is 11.8 Å². The molecule has 0 spiro atoms. The predicted molar refractivity (Wildman–Crippen MR) is 71.6 cm³/mol. The Morgan fingerprint density at radius 3 is 2.61 bits per heavy atom. The Balaban J connectivity index is 2.22. The van der Waals surface area contributed by atoms with Crippen molar-refractivity contribution in [1.82, 2.24) is 4.90 Å². The third-order valence-electron chi connectivity index (χ3n) is 2.99. The summed E-state index contributed by atoms with van der Waals surface area (Å²) in [5.41, 5.74) is 1.06. The van der Waals surface area contributed by atoms with E-state index in [9.17, 15) is 4.79 Å². The van der Waals surface area contributed by atoms with Gasteiger partial charge in [-0.1, -0.05) is 12.1 Å². The molecule has 0 radical (unpaired) electrons. The lowest BCUT2D eigenvalue weighted by Crippen LogP contribution is -2.32. The molecule has 0 aliphatic carbocycles. The van der Waals surface area contributed by atoms with Gasteiger partial charge in [0.05, 0.1) is 19.0 Å². The van der Waals surface area contributed by atoms with Crippen LogP contribution >= 0.6 is 11.8 Å². The van der Waals surface area contributed by atoms with Gasteiger partial charge in [-0.05, 0) is 24.6 Å². The first-order valence-electron chi connectivity index (χ1n) is 5.88. The van der Waals surface area contributed by atoms with Gasteiger partial charge in [0.15, 0.2) is 0 Å². The summed E-state index contributed by atoms with van der Waals surface area (Å²) >= 11 is 1.61. The minimum absolute atomic E-state index is 0.00826. The lowest BCUT2D eigenvalue weighted by molar-refractivity contribution is -0.130. The summed E-state index contributed by atoms with van der Waals surface area (Å²) in [6.45, 7) is 2.28. The van der Waals surface area contributed by atoms with Crippen LogP contribution in [0.25, 0.3) is 0 Å². The summed E-state index contributed by atoms with van der Waals surface area (Å²) in [5.74, 6) is 0.893. The number of carbonyl (C=O) groups is 1. The fraction of sp³-hybridized carbons (Fsp3) is 0.462. The third-order valence-corrected chi connectivity index (χ3v) is 4.38. The number of hydrogen-bond acceptors (Lipinski definition) is 4. The van der Waals surface area contributed by atoms with Gasteiger partial charge in [0.25, 0.3) is 0 Å². The molecule has 2 rings (SSSR count). The number of hydrogen-bond donors (Lipinski definition) is 1. The van der Waals surface area contributed by atoms with E-state index in [2.05, 4.69) is 0 Å². The highest BCUT2D eigenvalue weighted by Crippen LogP contribution is 2.42. The van der Waals surface area contributed by atoms with Crippen LogP contribution in [0, 0.1) is 0 Å². The number of aliphatic hydroxyl groups excluding tert-OH is 1.